The molecule has 104 valence electrons. The lowest BCUT2D eigenvalue weighted by Gasteiger charge is -2.19. The number of hydrogen-bond donors (Lipinski definition) is 1. The van der Waals surface area contributed by atoms with E-state index in [9.17, 15) is 8.42 Å². The summed E-state index contributed by atoms with van der Waals surface area (Å²) < 4.78 is 25.7. The molecule has 0 aromatic heterocycles. The molecule has 0 fully saturated rings. The summed E-state index contributed by atoms with van der Waals surface area (Å²) in [5.74, 6) is -0.439. The van der Waals surface area contributed by atoms with Crippen LogP contribution in [0.4, 0.5) is 5.69 Å². The molecule has 0 radical (unpaired) electrons. The number of anilines is 1. The largest absolute Gasteiger partial charge is 0.399 e. The summed E-state index contributed by atoms with van der Waals surface area (Å²) in [6, 6.07) is 4.61. The highest BCUT2D eigenvalue weighted by Gasteiger charge is 2.27. The van der Waals surface area contributed by atoms with E-state index < -0.39 is 15.9 Å². The van der Waals surface area contributed by atoms with Crippen molar-refractivity contribution >= 4 is 38.9 Å². The molecule has 0 saturated carbocycles. The zero-order chi connectivity index (χ0) is 14.8. The molecular formula is C11H13Cl2N3O2S. The van der Waals surface area contributed by atoms with Crippen LogP contribution >= 0.6 is 23.2 Å². The molecule has 0 amide bonds. The first kappa shape index (κ1) is 16.1. The molecule has 2 N–H and O–H groups in total. The first-order chi connectivity index (χ1) is 8.70. The van der Waals surface area contributed by atoms with Crippen molar-refractivity contribution in [3.05, 3.63) is 22.2 Å². The van der Waals surface area contributed by atoms with Gasteiger partial charge < -0.3 is 5.73 Å². The minimum Gasteiger partial charge on any atom is -0.399 e. The van der Waals surface area contributed by atoms with Gasteiger partial charge in [0.05, 0.1) is 22.0 Å². The zero-order valence-corrected chi connectivity index (χ0v) is 12.7. The highest BCUT2D eigenvalue weighted by atomic mass is 35.5. The van der Waals surface area contributed by atoms with E-state index in [1.54, 1.807) is 6.92 Å². The van der Waals surface area contributed by atoms with Crippen molar-refractivity contribution in [3.8, 4) is 6.07 Å². The summed E-state index contributed by atoms with van der Waals surface area (Å²) in [7, 11) is -2.49. The Morgan fingerprint density at radius 1 is 1.42 bits per heavy atom. The molecule has 0 spiro atoms. The summed E-state index contributed by atoms with van der Waals surface area (Å²) in [6.07, 6.45) is 0. The van der Waals surface area contributed by atoms with Crippen molar-refractivity contribution < 1.29 is 8.42 Å². The Labute approximate surface area is 122 Å². The summed E-state index contributed by atoms with van der Waals surface area (Å²) >= 11 is 11.8. The number of halogens is 2. The molecule has 0 heterocycles. The first-order valence-electron chi connectivity index (χ1n) is 5.30. The third-order valence-corrected chi connectivity index (χ3v) is 5.19. The highest BCUT2D eigenvalue weighted by molar-refractivity contribution is 7.89. The SMILES string of the molecule is CC(C#N)CN(C)S(=O)(=O)c1c(Cl)cc(N)cc1Cl. The standard InChI is InChI=1S/C11H13Cl2N3O2S/c1-7(5-14)6-16(2)19(17,18)11-9(12)3-8(15)4-10(11)13/h3-4,7H,6,15H2,1-2H3. The number of benzene rings is 1. The second kappa shape index (κ2) is 5.97. The van der Waals surface area contributed by atoms with Gasteiger partial charge in [-0.25, -0.2) is 8.42 Å². The van der Waals surface area contributed by atoms with Gasteiger partial charge in [0, 0.05) is 19.3 Å². The molecule has 1 aromatic carbocycles. The van der Waals surface area contributed by atoms with Crippen molar-refractivity contribution in [2.24, 2.45) is 5.92 Å². The van der Waals surface area contributed by atoms with Gasteiger partial charge in [-0.2, -0.15) is 9.57 Å². The molecule has 5 nitrogen and oxygen atoms in total. The molecule has 0 bridgehead atoms. The van der Waals surface area contributed by atoms with Gasteiger partial charge in [0.25, 0.3) is 0 Å². The third kappa shape index (κ3) is 3.51. The number of sulfonamides is 1. The second-order valence-electron chi connectivity index (χ2n) is 4.13. The van der Waals surface area contributed by atoms with Crippen LogP contribution in [0.5, 0.6) is 0 Å². The number of hydrogen-bond acceptors (Lipinski definition) is 4. The quantitative estimate of drug-likeness (QED) is 0.862. The Hall–Kier alpha value is -1.00. The Morgan fingerprint density at radius 2 is 1.89 bits per heavy atom. The molecular weight excluding hydrogens is 309 g/mol. The van der Waals surface area contributed by atoms with Crippen LogP contribution in [0.15, 0.2) is 17.0 Å². The number of nitriles is 1. The lowest BCUT2D eigenvalue weighted by molar-refractivity contribution is 0.439. The lowest BCUT2D eigenvalue weighted by atomic mass is 10.2. The van der Waals surface area contributed by atoms with Crippen LogP contribution < -0.4 is 5.73 Å². The van der Waals surface area contributed by atoms with Crippen LogP contribution in [0.1, 0.15) is 6.92 Å². The van der Waals surface area contributed by atoms with Gasteiger partial charge in [0.15, 0.2) is 0 Å². The minimum atomic E-state index is -3.86. The van der Waals surface area contributed by atoms with Crippen LogP contribution in [-0.2, 0) is 10.0 Å². The topological polar surface area (TPSA) is 87.2 Å². The van der Waals surface area contributed by atoms with Gasteiger partial charge in [-0.3, -0.25) is 0 Å². The van der Waals surface area contributed by atoms with Crippen molar-refractivity contribution in [2.45, 2.75) is 11.8 Å². The predicted molar refractivity (Wildman–Crippen MR) is 75.5 cm³/mol. The highest BCUT2D eigenvalue weighted by Crippen LogP contribution is 2.33. The van der Waals surface area contributed by atoms with Crippen LogP contribution in [0.25, 0.3) is 0 Å². The summed E-state index contributed by atoms with van der Waals surface area (Å²) in [5, 5.41) is 8.64. The van der Waals surface area contributed by atoms with E-state index >= 15 is 0 Å². The average Bonchev–Trinajstić information content (AvgIpc) is 2.26. The number of rotatable bonds is 4. The van der Waals surface area contributed by atoms with Crippen molar-refractivity contribution in [1.29, 1.82) is 5.26 Å². The van der Waals surface area contributed by atoms with E-state index in [0.29, 0.717) is 0 Å². The Kier molecular flexibility index (Phi) is 5.04. The van der Waals surface area contributed by atoms with Gasteiger partial charge >= 0.3 is 0 Å². The Bertz CT molecular complexity index is 602. The van der Waals surface area contributed by atoms with E-state index in [1.165, 1.54) is 19.2 Å². The Balaban J connectivity index is 3.25. The number of nitrogens with zero attached hydrogens (tertiary/aromatic N) is 2. The molecule has 1 unspecified atom stereocenters. The van der Waals surface area contributed by atoms with Crippen LogP contribution in [0, 0.1) is 17.2 Å². The summed E-state index contributed by atoms with van der Waals surface area (Å²) in [6.45, 7) is 1.67. The molecule has 19 heavy (non-hydrogen) atoms. The van der Waals surface area contributed by atoms with Crippen LogP contribution in [0.3, 0.4) is 0 Å². The first-order valence-corrected chi connectivity index (χ1v) is 7.50. The fraction of sp³-hybridized carbons (Fsp3) is 0.364. The van der Waals surface area contributed by atoms with Crippen LogP contribution in [0.2, 0.25) is 10.0 Å². The summed E-state index contributed by atoms with van der Waals surface area (Å²) in [5.41, 5.74) is 5.81. The number of nitrogens with two attached hydrogens (primary N) is 1. The predicted octanol–water partition coefficient (Wildman–Crippen LogP) is 2.36. The van der Waals surface area contributed by atoms with Crippen LogP contribution in [-0.4, -0.2) is 26.3 Å². The smallest absolute Gasteiger partial charge is 0.245 e. The molecule has 0 aliphatic rings. The molecule has 1 atom stereocenters. The molecule has 8 heteroatoms. The fourth-order valence-electron chi connectivity index (χ4n) is 1.51. The monoisotopic (exact) mass is 321 g/mol. The maximum absolute atomic E-state index is 12.3. The van der Waals surface area contributed by atoms with E-state index in [2.05, 4.69) is 0 Å². The molecule has 0 aliphatic heterocycles. The van der Waals surface area contributed by atoms with E-state index in [1.807, 2.05) is 6.07 Å². The van der Waals surface area contributed by atoms with Gasteiger partial charge in [0.1, 0.15) is 4.90 Å². The van der Waals surface area contributed by atoms with Gasteiger partial charge in [-0.05, 0) is 19.1 Å². The summed E-state index contributed by atoms with van der Waals surface area (Å²) in [4.78, 5) is -0.197. The van der Waals surface area contributed by atoms with Crippen molar-refractivity contribution in [3.63, 3.8) is 0 Å². The van der Waals surface area contributed by atoms with Crippen molar-refractivity contribution in [1.82, 2.24) is 4.31 Å². The number of nitrogen functional groups attached to an aromatic ring is 1. The molecule has 1 aromatic rings. The second-order valence-corrected chi connectivity index (χ2v) is 6.93. The normalized spacial score (nSPS) is 13.3. The van der Waals surface area contributed by atoms with Gasteiger partial charge in [-0.1, -0.05) is 23.2 Å². The lowest BCUT2D eigenvalue weighted by Crippen LogP contribution is -2.31. The van der Waals surface area contributed by atoms with E-state index in [4.69, 9.17) is 34.2 Å². The van der Waals surface area contributed by atoms with Gasteiger partial charge in [-0.15, -0.1) is 0 Å². The zero-order valence-electron chi connectivity index (χ0n) is 10.4. The Morgan fingerprint density at radius 3 is 2.32 bits per heavy atom. The van der Waals surface area contributed by atoms with Gasteiger partial charge in [0.2, 0.25) is 10.0 Å². The fourth-order valence-corrected chi connectivity index (χ4v) is 3.94. The molecule has 0 aliphatic carbocycles. The third-order valence-electron chi connectivity index (χ3n) is 2.44. The van der Waals surface area contributed by atoms with E-state index in [0.717, 1.165) is 4.31 Å². The maximum atomic E-state index is 12.3. The molecule has 0 saturated heterocycles. The maximum Gasteiger partial charge on any atom is 0.245 e. The van der Waals surface area contributed by atoms with Crippen molar-refractivity contribution in [2.75, 3.05) is 19.3 Å². The minimum absolute atomic E-state index is 0.0403. The van der Waals surface area contributed by atoms with E-state index in [-0.39, 0.29) is 27.2 Å². The molecule has 1 rings (SSSR count). The average molecular weight is 322 g/mol.